The number of sulfonamides is 1. The van der Waals surface area contributed by atoms with Gasteiger partial charge in [-0.1, -0.05) is 17.7 Å². The predicted molar refractivity (Wildman–Crippen MR) is 105 cm³/mol. The second kappa shape index (κ2) is 10.2. The number of carbonyl (C=O) groups is 1. The molecule has 1 heterocycles. The number of hydrogen-bond acceptors (Lipinski definition) is 5. The highest BCUT2D eigenvalue weighted by Crippen LogP contribution is 2.26. The van der Waals surface area contributed by atoms with Gasteiger partial charge >= 0.3 is 0 Å². The molecule has 8 heteroatoms. The van der Waals surface area contributed by atoms with Gasteiger partial charge in [-0.15, -0.1) is 0 Å². The molecule has 0 radical (unpaired) electrons. The number of piperidine rings is 1. The predicted octanol–water partition coefficient (Wildman–Crippen LogP) is 1.06. The average Bonchev–Trinajstić information content (AvgIpc) is 2.64. The van der Waals surface area contributed by atoms with E-state index in [1.807, 2.05) is 26.0 Å². The molecule has 1 aromatic carbocycles. The summed E-state index contributed by atoms with van der Waals surface area (Å²) in [6.45, 7) is 7.15. The van der Waals surface area contributed by atoms with Crippen molar-refractivity contribution >= 4 is 15.9 Å². The molecule has 27 heavy (non-hydrogen) atoms. The molecule has 2 rings (SSSR count). The zero-order valence-electron chi connectivity index (χ0n) is 16.5. The SMILES string of the molecule is COCCNCCNC(=O)C1CCN(S(=O)(=O)c2ccc(C)cc2C)CC1. The summed E-state index contributed by atoms with van der Waals surface area (Å²) in [5.41, 5.74) is 1.80. The lowest BCUT2D eigenvalue weighted by Gasteiger charge is -2.31. The summed E-state index contributed by atoms with van der Waals surface area (Å²) in [6.07, 6.45) is 1.10. The second-order valence-corrected chi connectivity index (χ2v) is 8.89. The van der Waals surface area contributed by atoms with Crippen molar-refractivity contribution in [3.05, 3.63) is 29.3 Å². The molecule has 0 aliphatic carbocycles. The van der Waals surface area contributed by atoms with Crippen LogP contribution in [0.25, 0.3) is 0 Å². The summed E-state index contributed by atoms with van der Waals surface area (Å²) in [6, 6.07) is 5.38. The summed E-state index contributed by atoms with van der Waals surface area (Å²) >= 11 is 0. The Labute approximate surface area is 162 Å². The molecule has 0 bridgehead atoms. The summed E-state index contributed by atoms with van der Waals surface area (Å²) in [5, 5.41) is 6.09. The number of methoxy groups -OCH3 is 1. The first-order valence-electron chi connectivity index (χ1n) is 9.41. The van der Waals surface area contributed by atoms with E-state index in [9.17, 15) is 13.2 Å². The summed E-state index contributed by atoms with van der Waals surface area (Å²) < 4.78 is 32.2. The van der Waals surface area contributed by atoms with Crippen molar-refractivity contribution in [2.75, 3.05) is 46.4 Å². The number of ether oxygens (including phenoxy) is 1. The maximum absolute atomic E-state index is 12.9. The molecule has 0 unspecified atom stereocenters. The largest absolute Gasteiger partial charge is 0.383 e. The van der Waals surface area contributed by atoms with Crippen LogP contribution in [0, 0.1) is 19.8 Å². The number of carbonyl (C=O) groups excluding carboxylic acids is 1. The summed E-state index contributed by atoms with van der Waals surface area (Å²) in [7, 11) is -1.86. The van der Waals surface area contributed by atoms with E-state index in [0.29, 0.717) is 50.5 Å². The van der Waals surface area contributed by atoms with E-state index in [1.165, 1.54) is 4.31 Å². The number of aryl methyl sites for hydroxylation is 2. The lowest BCUT2D eigenvalue weighted by Crippen LogP contribution is -2.44. The van der Waals surface area contributed by atoms with Crippen LogP contribution in [-0.4, -0.2) is 65.1 Å². The van der Waals surface area contributed by atoms with Gasteiger partial charge in [0.25, 0.3) is 0 Å². The number of nitrogens with one attached hydrogen (secondary N) is 2. The van der Waals surface area contributed by atoms with Gasteiger partial charge in [0.1, 0.15) is 0 Å². The lowest BCUT2D eigenvalue weighted by molar-refractivity contribution is -0.126. The molecule has 1 aliphatic heterocycles. The Morgan fingerprint density at radius 1 is 1.19 bits per heavy atom. The Kier molecular flexibility index (Phi) is 8.22. The third kappa shape index (κ3) is 6.00. The lowest BCUT2D eigenvalue weighted by atomic mass is 9.97. The zero-order chi connectivity index (χ0) is 19.9. The zero-order valence-corrected chi connectivity index (χ0v) is 17.3. The van der Waals surface area contributed by atoms with Crippen molar-refractivity contribution in [2.24, 2.45) is 5.92 Å². The van der Waals surface area contributed by atoms with Crippen molar-refractivity contribution in [2.45, 2.75) is 31.6 Å². The molecular weight excluding hydrogens is 366 g/mol. The van der Waals surface area contributed by atoms with Crippen LogP contribution in [0.3, 0.4) is 0 Å². The van der Waals surface area contributed by atoms with Crippen molar-refractivity contribution in [3.8, 4) is 0 Å². The molecule has 0 spiro atoms. The van der Waals surface area contributed by atoms with Crippen LogP contribution < -0.4 is 10.6 Å². The minimum Gasteiger partial charge on any atom is -0.383 e. The Morgan fingerprint density at radius 2 is 1.89 bits per heavy atom. The molecule has 152 valence electrons. The fourth-order valence-electron chi connectivity index (χ4n) is 3.30. The molecule has 1 aliphatic rings. The standard InChI is InChI=1S/C19H31N3O4S/c1-15-4-5-18(16(2)14-15)27(24,25)22-11-6-17(7-12-22)19(23)21-9-8-20-10-13-26-3/h4-5,14,17,20H,6-13H2,1-3H3,(H,21,23). The molecule has 0 saturated carbocycles. The Morgan fingerprint density at radius 3 is 2.52 bits per heavy atom. The van der Waals surface area contributed by atoms with Crippen molar-refractivity contribution < 1.29 is 17.9 Å². The summed E-state index contributed by atoms with van der Waals surface area (Å²) in [4.78, 5) is 12.6. The Balaban J connectivity index is 1.83. The maximum atomic E-state index is 12.9. The quantitative estimate of drug-likeness (QED) is 0.609. The van der Waals surface area contributed by atoms with Crippen molar-refractivity contribution in [1.82, 2.24) is 14.9 Å². The molecular formula is C19H31N3O4S. The van der Waals surface area contributed by atoms with Crippen LogP contribution in [0.5, 0.6) is 0 Å². The van der Waals surface area contributed by atoms with E-state index < -0.39 is 10.0 Å². The molecule has 1 aromatic rings. The van der Waals surface area contributed by atoms with Crippen molar-refractivity contribution in [3.63, 3.8) is 0 Å². The van der Waals surface area contributed by atoms with Crippen molar-refractivity contribution in [1.29, 1.82) is 0 Å². The van der Waals surface area contributed by atoms with Gasteiger partial charge in [-0.05, 0) is 38.3 Å². The highest BCUT2D eigenvalue weighted by Gasteiger charge is 2.32. The first-order chi connectivity index (χ1) is 12.9. The van der Waals surface area contributed by atoms with Gasteiger partial charge in [-0.25, -0.2) is 8.42 Å². The second-order valence-electron chi connectivity index (χ2n) is 6.98. The third-order valence-corrected chi connectivity index (χ3v) is 6.92. The molecule has 7 nitrogen and oxygen atoms in total. The van der Waals surface area contributed by atoms with Crippen LogP contribution in [-0.2, 0) is 19.6 Å². The Hall–Kier alpha value is -1.48. The maximum Gasteiger partial charge on any atom is 0.243 e. The first-order valence-corrected chi connectivity index (χ1v) is 10.8. The van der Waals surface area contributed by atoms with Gasteiger partial charge in [-0.2, -0.15) is 4.31 Å². The van der Waals surface area contributed by atoms with E-state index in [4.69, 9.17) is 4.74 Å². The minimum atomic E-state index is -3.51. The highest BCUT2D eigenvalue weighted by atomic mass is 32.2. The van der Waals surface area contributed by atoms with Gasteiger partial charge < -0.3 is 15.4 Å². The summed E-state index contributed by atoms with van der Waals surface area (Å²) in [5.74, 6) is -0.123. The molecule has 0 atom stereocenters. The fourth-order valence-corrected chi connectivity index (χ4v) is 4.98. The van der Waals surface area contributed by atoms with Crippen LogP contribution in [0.2, 0.25) is 0 Å². The highest BCUT2D eigenvalue weighted by molar-refractivity contribution is 7.89. The smallest absolute Gasteiger partial charge is 0.243 e. The van der Waals surface area contributed by atoms with E-state index in [1.54, 1.807) is 13.2 Å². The molecule has 1 fully saturated rings. The molecule has 1 amide bonds. The number of hydrogen-bond donors (Lipinski definition) is 2. The normalized spacial score (nSPS) is 16.4. The van der Waals surface area contributed by atoms with E-state index in [-0.39, 0.29) is 11.8 Å². The number of nitrogens with zero attached hydrogens (tertiary/aromatic N) is 1. The van der Waals surface area contributed by atoms with Crippen LogP contribution in [0.1, 0.15) is 24.0 Å². The van der Waals surface area contributed by atoms with Gasteiger partial charge in [0.2, 0.25) is 15.9 Å². The van der Waals surface area contributed by atoms with E-state index in [2.05, 4.69) is 10.6 Å². The first kappa shape index (κ1) is 21.8. The van der Waals surface area contributed by atoms with Crippen LogP contribution in [0.15, 0.2) is 23.1 Å². The van der Waals surface area contributed by atoms with E-state index >= 15 is 0 Å². The number of rotatable bonds is 9. The van der Waals surface area contributed by atoms with Gasteiger partial charge in [0, 0.05) is 45.8 Å². The number of benzene rings is 1. The monoisotopic (exact) mass is 397 g/mol. The Bertz CT molecular complexity index is 728. The van der Waals surface area contributed by atoms with Gasteiger partial charge in [0.15, 0.2) is 0 Å². The van der Waals surface area contributed by atoms with Crippen LogP contribution in [0.4, 0.5) is 0 Å². The minimum absolute atomic E-state index is 0.00658. The topological polar surface area (TPSA) is 87.7 Å². The van der Waals surface area contributed by atoms with E-state index in [0.717, 1.165) is 17.7 Å². The third-order valence-electron chi connectivity index (χ3n) is 4.86. The molecule has 1 saturated heterocycles. The average molecular weight is 398 g/mol. The van der Waals surface area contributed by atoms with Gasteiger partial charge in [0.05, 0.1) is 11.5 Å². The molecule has 0 aromatic heterocycles. The number of amides is 1. The fraction of sp³-hybridized carbons (Fsp3) is 0.632. The van der Waals surface area contributed by atoms with Crippen LogP contribution >= 0.6 is 0 Å². The van der Waals surface area contributed by atoms with Gasteiger partial charge in [-0.3, -0.25) is 4.79 Å². The molecule has 2 N–H and O–H groups in total.